The average molecular weight is 277 g/mol. The number of likely N-dealkylation sites (tertiary alicyclic amines) is 1. The Balaban J connectivity index is 2.02. The van der Waals surface area contributed by atoms with E-state index in [4.69, 9.17) is 0 Å². The summed E-state index contributed by atoms with van der Waals surface area (Å²) in [5.41, 5.74) is 0.422. The van der Waals surface area contributed by atoms with Gasteiger partial charge in [0.15, 0.2) is 0 Å². The van der Waals surface area contributed by atoms with Crippen LogP contribution in [0.3, 0.4) is 0 Å². The lowest BCUT2D eigenvalue weighted by Gasteiger charge is -2.35. The van der Waals surface area contributed by atoms with Crippen molar-refractivity contribution in [2.45, 2.75) is 25.8 Å². The van der Waals surface area contributed by atoms with Gasteiger partial charge in [-0.1, -0.05) is 0 Å². The predicted molar refractivity (Wildman–Crippen MR) is 78.8 cm³/mol. The molecule has 1 aromatic rings. The molecule has 6 heteroatoms. The predicted octanol–water partition coefficient (Wildman–Crippen LogP) is 1.07. The summed E-state index contributed by atoms with van der Waals surface area (Å²) in [5.74, 6) is 0.681. The Morgan fingerprint density at radius 2 is 2.25 bits per heavy atom. The van der Waals surface area contributed by atoms with Gasteiger partial charge in [-0.2, -0.15) is 0 Å². The first-order chi connectivity index (χ1) is 9.61. The molecule has 6 nitrogen and oxygen atoms in total. The number of carbonyl (C=O) groups excluding carboxylic acids is 1. The van der Waals surface area contributed by atoms with Gasteiger partial charge in [-0.15, -0.1) is 0 Å². The molecule has 0 aromatic carbocycles. The number of carbonyl (C=O) groups is 1. The maximum absolute atomic E-state index is 12.4. The van der Waals surface area contributed by atoms with Gasteiger partial charge in [0.05, 0.1) is 12.4 Å². The van der Waals surface area contributed by atoms with Crippen molar-refractivity contribution < 1.29 is 4.79 Å². The van der Waals surface area contributed by atoms with E-state index in [9.17, 15) is 4.79 Å². The SMILES string of the molecule is CCNc1cnc(C(=O)N2CCCC(N(C)C)C2)cn1. The van der Waals surface area contributed by atoms with E-state index in [2.05, 4.69) is 34.3 Å². The molecule has 1 aliphatic rings. The molecule has 0 bridgehead atoms. The molecule has 1 amide bonds. The zero-order valence-corrected chi connectivity index (χ0v) is 12.5. The normalized spacial score (nSPS) is 19.2. The van der Waals surface area contributed by atoms with E-state index in [-0.39, 0.29) is 5.91 Å². The number of nitrogens with one attached hydrogen (secondary N) is 1. The van der Waals surface area contributed by atoms with Crippen LogP contribution in [-0.4, -0.2) is 65.4 Å². The molecule has 1 aliphatic heterocycles. The van der Waals surface area contributed by atoms with Crippen LogP contribution in [0.4, 0.5) is 5.82 Å². The summed E-state index contributed by atoms with van der Waals surface area (Å²) in [6, 6.07) is 0.432. The molecule has 1 fully saturated rings. The van der Waals surface area contributed by atoms with E-state index in [1.165, 1.54) is 0 Å². The molecule has 110 valence electrons. The summed E-state index contributed by atoms with van der Waals surface area (Å²) in [4.78, 5) is 24.9. The number of hydrogen-bond acceptors (Lipinski definition) is 5. The van der Waals surface area contributed by atoms with Crippen LogP contribution in [0.2, 0.25) is 0 Å². The number of aromatic nitrogens is 2. The van der Waals surface area contributed by atoms with Gasteiger partial charge in [-0.05, 0) is 33.9 Å². The minimum atomic E-state index is -0.0212. The molecule has 0 spiro atoms. The average Bonchev–Trinajstić information content (AvgIpc) is 2.48. The number of hydrogen-bond donors (Lipinski definition) is 1. The zero-order chi connectivity index (χ0) is 14.5. The third-order valence-electron chi connectivity index (χ3n) is 3.64. The van der Waals surface area contributed by atoms with Crippen LogP contribution in [0.15, 0.2) is 12.4 Å². The molecular formula is C14H23N5O. The molecule has 2 rings (SSSR count). The van der Waals surface area contributed by atoms with Crippen LogP contribution < -0.4 is 5.32 Å². The fourth-order valence-electron chi connectivity index (χ4n) is 2.43. The van der Waals surface area contributed by atoms with E-state index in [0.29, 0.717) is 17.6 Å². The monoisotopic (exact) mass is 277 g/mol. The standard InChI is InChI=1S/C14H23N5O/c1-4-15-13-9-16-12(8-17-13)14(20)19-7-5-6-11(10-19)18(2)3/h8-9,11H,4-7,10H2,1-3H3,(H,15,17). The molecule has 0 radical (unpaired) electrons. The Morgan fingerprint density at radius 3 is 2.85 bits per heavy atom. The van der Waals surface area contributed by atoms with E-state index < -0.39 is 0 Å². The first kappa shape index (κ1) is 14.7. The number of piperidine rings is 1. The maximum Gasteiger partial charge on any atom is 0.274 e. The maximum atomic E-state index is 12.4. The molecule has 1 aromatic heterocycles. The highest BCUT2D eigenvalue weighted by atomic mass is 16.2. The molecule has 0 aliphatic carbocycles. The quantitative estimate of drug-likeness (QED) is 0.892. The molecule has 0 saturated carbocycles. The Labute approximate surface area is 120 Å². The molecule has 2 heterocycles. The fourth-order valence-corrected chi connectivity index (χ4v) is 2.43. The molecular weight excluding hydrogens is 254 g/mol. The van der Waals surface area contributed by atoms with Gasteiger partial charge in [-0.3, -0.25) is 4.79 Å². The number of likely N-dealkylation sites (N-methyl/N-ethyl adjacent to an activating group) is 1. The van der Waals surface area contributed by atoms with E-state index in [1.54, 1.807) is 12.4 Å². The second-order valence-corrected chi connectivity index (χ2v) is 5.33. The highest BCUT2D eigenvalue weighted by Crippen LogP contribution is 2.15. The lowest BCUT2D eigenvalue weighted by Crippen LogP contribution is -2.47. The Morgan fingerprint density at radius 1 is 1.45 bits per heavy atom. The minimum absolute atomic E-state index is 0.0212. The Hall–Kier alpha value is -1.69. The van der Waals surface area contributed by atoms with Gasteiger partial charge in [0.2, 0.25) is 0 Å². The second kappa shape index (κ2) is 6.65. The number of anilines is 1. The number of amides is 1. The Kier molecular flexibility index (Phi) is 4.89. The van der Waals surface area contributed by atoms with Gasteiger partial charge in [0, 0.05) is 25.7 Å². The minimum Gasteiger partial charge on any atom is -0.369 e. The molecule has 1 saturated heterocycles. The van der Waals surface area contributed by atoms with Crippen molar-refractivity contribution in [3.05, 3.63) is 18.1 Å². The topological polar surface area (TPSA) is 61.4 Å². The van der Waals surface area contributed by atoms with Gasteiger partial charge < -0.3 is 15.1 Å². The highest BCUT2D eigenvalue weighted by Gasteiger charge is 2.26. The zero-order valence-electron chi connectivity index (χ0n) is 12.5. The summed E-state index contributed by atoms with van der Waals surface area (Å²) in [7, 11) is 4.12. The molecule has 1 N–H and O–H groups in total. The van der Waals surface area contributed by atoms with Gasteiger partial charge in [-0.25, -0.2) is 9.97 Å². The van der Waals surface area contributed by atoms with Crippen molar-refractivity contribution in [1.29, 1.82) is 0 Å². The van der Waals surface area contributed by atoms with Gasteiger partial charge in [0.25, 0.3) is 5.91 Å². The van der Waals surface area contributed by atoms with Gasteiger partial charge in [0.1, 0.15) is 11.5 Å². The van der Waals surface area contributed by atoms with Crippen molar-refractivity contribution in [2.75, 3.05) is 39.0 Å². The summed E-state index contributed by atoms with van der Waals surface area (Å²) >= 11 is 0. The highest BCUT2D eigenvalue weighted by molar-refractivity contribution is 5.92. The first-order valence-electron chi connectivity index (χ1n) is 7.13. The third-order valence-corrected chi connectivity index (χ3v) is 3.64. The fraction of sp³-hybridized carbons (Fsp3) is 0.643. The van der Waals surface area contributed by atoms with Crippen LogP contribution in [0.1, 0.15) is 30.3 Å². The molecule has 1 atom stereocenters. The lowest BCUT2D eigenvalue weighted by atomic mass is 10.0. The number of rotatable bonds is 4. The van der Waals surface area contributed by atoms with Gasteiger partial charge >= 0.3 is 0 Å². The largest absolute Gasteiger partial charge is 0.369 e. The van der Waals surface area contributed by atoms with E-state index >= 15 is 0 Å². The van der Waals surface area contributed by atoms with Crippen LogP contribution in [0, 0.1) is 0 Å². The first-order valence-corrected chi connectivity index (χ1v) is 7.13. The Bertz CT molecular complexity index is 445. The summed E-state index contributed by atoms with van der Waals surface area (Å²) in [6.45, 7) is 4.36. The second-order valence-electron chi connectivity index (χ2n) is 5.33. The molecule has 20 heavy (non-hydrogen) atoms. The summed E-state index contributed by atoms with van der Waals surface area (Å²) < 4.78 is 0. The van der Waals surface area contributed by atoms with Crippen molar-refractivity contribution >= 4 is 11.7 Å². The van der Waals surface area contributed by atoms with Crippen LogP contribution >= 0.6 is 0 Å². The van der Waals surface area contributed by atoms with Crippen molar-refractivity contribution in [3.63, 3.8) is 0 Å². The third kappa shape index (κ3) is 3.45. The van der Waals surface area contributed by atoms with E-state index in [1.807, 2.05) is 11.8 Å². The van der Waals surface area contributed by atoms with Crippen LogP contribution in [0.25, 0.3) is 0 Å². The lowest BCUT2D eigenvalue weighted by molar-refractivity contribution is 0.0629. The molecule has 1 unspecified atom stereocenters. The van der Waals surface area contributed by atoms with Crippen LogP contribution in [0.5, 0.6) is 0 Å². The summed E-state index contributed by atoms with van der Waals surface area (Å²) in [6.07, 6.45) is 5.35. The number of nitrogens with zero attached hydrogens (tertiary/aromatic N) is 4. The van der Waals surface area contributed by atoms with Crippen LogP contribution in [-0.2, 0) is 0 Å². The van der Waals surface area contributed by atoms with Crippen molar-refractivity contribution in [2.24, 2.45) is 0 Å². The van der Waals surface area contributed by atoms with Crippen molar-refractivity contribution in [3.8, 4) is 0 Å². The smallest absolute Gasteiger partial charge is 0.274 e. The van der Waals surface area contributed by atoms with E-state index in [0.717, 1.165) is 32.5 Å². The van der Waals surface area contributed by atoms with Crippen molar-refractivity contribution in [1.82, 2.24) is 19.8 Å². The summed E-state index contributed by atoms with van der Waals surface area (Å²) in [5, 5.41) is 3.07.